The minimum atomic E-state index is -0.589. The zero-order valence-electron chi connectivity index (χ0n) is 20.3. The molecular weight excluding hydrogens is 428 g/mol. The molecule has 0 aromatic carbocycles. The first kappa shape index (κ1) is 24.3. The van der Waals surface area contributed by atoms with Gasteiger partial charge in [-0.15, -0.1) is 0 Å². The van der Waals surface area contributed by atoms with Gasteiger partial charge in [-0.3, -0.25) is 19.6 Å². The molecule has 2 aromatic rings. The van der Waals surface area contributed by atoms with Gasteiger partial charge < -0.3 is 15.7 Å². The number of nitrogens with zero attached hydrogens (tertiary/aromatic N) is 2. The van der Waals surface area contributed by atoms with Crippen LogP contribution in [0.5, 0.6) is 0 Å². The molecule has 0 bridgehead atoms. The molecule has 0 unspecified atom stereocenters. The predicted octanol–water partition coefficient (Wildman–Crippen LogP) is 3.35. The summed E-state index contributed by atoms with van der Waals surface area (Å²) < 4.78 is 0. The molecule has 2 aliphatic rings. The summed E-state index contributed by atoms with van der Waals surface area (Å²) in [6, 6.07) is 7.20. The second-order valence-corrected chi connectivity index (χ2v) is 10.5. The Morgan fingerprint density at radius 2 is 1.88 bits per heavy atom. The number of hydrogen-bond acceptors (Lipinski definition) is 5. The van der Waals surface area contributed by atoms with Gasteiger partial charge in [-0.2, -0.15) is 0 Å². The number of aliphatic hydroxyl groups excluding tert-OH is 1. The average molecular weight is 465 g/mol. The van der Waals surface area contributed by atoms with Crippen LogP contribution in [0, 0.1) is 29.1 Å². The van der Waals surface area contributed by atoms with E-state index in [1.165, 1.54) is 0 Å². The number of carbonyl (C=O) groups excluding carboxylic acids is 2. The van der Waals surface area contributed by atoms with Crippen LogP contribution in [0.1, 0.15) is 62.4 Å². The minimum Gasteiger partial charge on any atom is -0.392 e. The van der Waals surface area contributed by atoms with Crippen molar-refractivity contribution in [2.45, 2.75) is 65.1 Å². The van der Waals surface area contributed by atoms with Crippen molar-refractivity contribution >= 4 is 11.8 Å². The standard InChI is InChI=1S/C27H36N4O3/c1-17(25(33)30-16-19-5-4-12-29-15-19)21-6-10-27(3)11-7-22(18(2)23(27)24(21)32)31-26(34)20-8-13-28-14-9-20/h4-5,8-9,12-15,17-18,21-24,32H,6-7,10-11,16H2,1-3H3,(H,30,33)(H,31,34)/t17-,18+,21+,22-,23+,24-,27-/m0/s1. The fourth-order valence-electron chi connectivity index (χ4n) is 6.30. The van der Waals surface area contributed by atoms with E-state index in [1.807, 2.05) is 19.1 Å². The van der Waals surface area contributed by atoms with Crippen molar-refractivity contribution in [3.8, 4) is 0 Å². The smallest absolute Gasteiger partial charge is 0.251 e. The highest BCUT2D eigenvalue weighted by Gasteiger charge is 2.53. The van der Waals surface area contributed by atoms with E-state index >= 15 is 0 Å². The third-order valence-electron chi connectivity index (χ3n) is 8.39. The lowest BCUT2D eigenvalue weighted by atomic mass is 9.51. The molecule has 7 atom stereocenters. The van der Waals surface area contributed by atoms with E-state index in [2.05, 4.69) is 34.4 Å². The van der Waals surface area contributed by atoms with Crippen molar-refractivity contribution in [3.05, 3.63) is 60.2 Å². The van der Waals surface area contributed by atoms with Crippen molar-refractivity contribution in [3.63, 3.8) is 0 Å². The monoisotopic (exact) mass is 464 g/mol. The van der Waals surface area contributed by atoms with E-state index in [9.17, 15) is 14.7 Å². The number of aliphatic hydroxyl groups is 1. The lowest BCUT2D eigenvalue weighted by Crippen LogP contribution is -2.58. The van der Waals surface area contributed by atoms with Gasteiger partial charge in [-0.05, 0) is 72.6 Å². The molecule has 2 amide bonds. The Morgan fingerprint density at radius 1 is 1.15 bits per heavy atom. The summed E-state index contributed by atoms with van der Waals surface area (Å²) in [6.07, 6.45) is 9.76. The van der Waals surface area contributed by atoms with Gasteiger partial charge in [0.2, 0.25) is 5.91 Å². The molecule has 7 heteroatoms. The summed E-state index contributed by atoms with van der Waals surface area (Å²) in [5.74, 6) is -0.418. The molecule has 182 valence electrons. The molecule has 7 nitrogen and oxygen atoms in total. The Hall–Kier alpha value is -2.80. The van der Waals surface area contributed by atoms with Crippen molar-refractivity contribution in [1.82, 2.24) is 20.6 Å². The highest BCUT2D eigenvalue weighted by Crippen LogP contribution is 2.55. The van der Waals surface area contributed by atoms with Crippen LogP contribution in [-0.2, 0) is 11.3 Å². The maximum atomic E-state index is 12.9. The van der Waals surface area contributed by atoms with E-state index in [-0.39, 0.29) is 46.9 Å². The van der Waals surface area contributed by atoms with Gasteiger partial charge in [-0.25, -0.2) is 0 Å². The highest BCUT2D eigenvalue weighted by atomic mass is 16.3. The number of hydrogen-bond donors (Lipinski definition) is 3. The van der Waals surface area contributed by atoms with Gasteiger partial charge in [0, 0.05) is 48.9 Å². The number of fused-ring (bicyclic) bond motifs is 1. The van der Waals surface area contributed by atoms with E-state index in [0.717, 1.165) is 31.2 Å². The maximum Gasteiger partial charge on any atom is 0.251 e. The summed E-state index contributed by atoms with van der Waals surface area (Å²) in [5, 5.41) is 17.8. The van der Waals surface area contributed by atoms with Crippen molar-refractivity contribution in [2.24, 2.45) is 29.1 Å². The molecule has 2 aliphatic carbocycles. The first-order valence-electron chi connectivity index (χ1n) is 12.4. The third-order valence-corrected chi connectivity index (χ3v) is 8.39. The molecule has 34 heavy (non-hydrogen) atoms. The van der Waals surface area contributed by atoms with E-state index in [4.69, 9.17) is 0 Å². The summed E-state index contributed by atoms with van der Waals surface area (Å²) in [7, 11) is 0. The molecule has 0 saturated heterocycles. The summed E-state index contributed by atoms with van der Waals surface area (Å²) >= 11 is 0. The first-order chi connectivity index (χ1) is 16.3. The molecule has 0 radical (unpaired) electrons. The molecule has 2 saturated carbocycles. The average Bonchev–Trinajstić information content (AvgIpc) is 2.85. The number of nitrogens with one attached hydrogen (secondary N) is 2. The summed E-state index contributed by atoms with van der Waals surface area (Å²) in [6.45, 7) is 6.76. The zero-order chi connectivity index (χ0) is 24.3. The largest absolute Gasteiger partial charge is 0.392 e. The Balaban J connectivity index is 1.42. The summed E-state index contributed by atoms with van der Waals surface area (Å²) in [4.78, 5) is 33.8. The van der Waals surface area contributed by atoms with Crippen molar-refractivity contribution < 1.29 is 14.7 Å². The topological polar surface area (TPSA) is 104 Å². The second kappa shape index (κ2) is 10.2. The molecule has 2 aromatic heterocycles. The maximum absolute atomic E-state index is 12.9. The predicted molar refractivity (Wildman–Crippen MR) is 129 cm³/mol. The number of aromatic nitrogens is 2. The van der Waals surface area contributed by atoms with E-state index in [0.29, 0.717) is 12.1 Å². The van der Waals surface area contributed by atoms with Crippen LogP contribution in [0.4, 0.5) is 0 Å². The highest BCUT2D eigenvalue weighted by molar-refractivity contribution is 5.94. The number of rotatable bonds is 6. The van der Waals surface area contributed by atoms with Gasteiger partial charge in [0.1, 0.15) is 0 Å². The Bertz CT molecular complexity index is 986. The van der Waals surface area contributed by atoms with E-state index < -0.39 is 6.10 Å². The lowest BCUT2D eigenvalue weighted by Gasteiger charge is -2.56. The van der Waals surface area contributed by atoms with Gasteiger partial charge in [-0.1, -0.05) is 26.8 Å². The molecule has 4 rings (SSSR count). The van der Waals surface area contributed by atoms with Crippen LogP contribution in [0.3, 0.4) is 0 Å². The second-order valence-electron chi connectivity index (χ2n) is 10.5. The van der Waals surface area contributed by atoms with E-state index in [1.54, 1.807) is 36.9 Å². The van der Waals surface area contributed by atoms with Gasteiger partial charge in [0.05, 0.1) is 6.10 Å². The van der Waals surface area contributed by atoms with Gasteiger partial charge >= 0.3 is 0 Å². The fourth-order valence-corrected chi connectivity index (χ4v) is 6.30. The number of pyridine rings is 2. The SMILES string of the molecule is C[C@H]1[C@@H]2[C@@H](O)[C@@H]([C@H](C)C(=O)NCc3cccnc3)CC[C@@]2(C)CC[C@@H]1NC(=O)c1ccncc1. The molecule has 0 aliphatic heterocycles. The van der Waals surface area contributed by atoms with Gasteiger partial charge in [0.15, 0.2) is 0 Å². The van der Waals surface area contributed by atoms with Crippen LogP contribution in [0.2, 0.25) is 0 Å². The number of amides is 2. The molecule has 2 fully saturated rings. The van der Waals surface area contributed by atoms with Crippen LogP contribution in [0.15, 0.2) is 49.1 Å². The van der Waals surface area contributed by atoms with Crippen LogP contribution < -0.4 is 10.6 Å². The molecule has 0 spiro atoms. The van der Waals surface area contributed by atoms with Crippen LogP contribution in [0.25, 0.3) is 0 Å². The fraction of sp³-hybridized carbons (Fsp3) is 0.556. The van der Waals surface area contributed by atoms with Crippen LogP contribution in [-0.4, -0.2) is 39.0 Å². The summed E-state index contributed by atoms with van der Waals surface area (Å²) in [5.41, 5.74) is 1.56. The Morgan fingerprint density at radius 3 is 2.59 bits per heavy atom. The number of carbonyl (C=O) groups is 2. The van der Waals surface area contributed by atoms with Crippen molar-refractivity contribution in [2.75, 3.05) is 0 Å². The van der Waals surface area contributed by atoms with Crippen molar-refractivity contribution in [1.29, 1.82) is 0 Å². The van der Waals surface area contributed by atoms with Crippen LogP contribution >= 0.6 is 0 Å². The quantitative estimate of drug-likeness (QED) is 0.608. The molecule has 2 heterocycles. The Kier molecular flexibility index (Phi) is 7.31. The third kappa shape index (κ3) is 4.99. The zero-order valence-corrected chi connectivity index (χ0v) is 20.3. The molecule has 3 N–H and O–H groups in total. The molecular formula is C27H36N4O3. The lowest BCUT2D eigenvalue weighted by molar-refractivity contribution is -0.142. The normalized spacial score (nSPS) is 31.7. The Labute approximate surface area is 201 Å². The first-order valence-corrected chi connectivity index (χ1v) is 12.4. The minimum absolute atomic E-state index is 0.0122. The van der Waals surface area contributed by atoms with Gasteiger partial charge in [0.25, 0.3) is 5.91 Å².